The van der Waals surface area contributed by atoms with Crippen molar-refractivity contribution in [3.05, 3.63) is 47.5 Å². The zero-order valence-corrected chi connectivity index (χ0v) is 10.1. The lowest BCUT2D eigenvalue weighted by atomic mass is 10.1. The van der Waals surface area contributed by atoms with Crippen LogP contribution in [-0.2, 0) is 6.42 Å². The molecule has 88 valence electrons. The Hall–Kier alpha value is -1.97. The lowest BCUT2D eigenvalue weighted by molar-refractivity contribution is 0.0884. The van der Waals surface area contributed by atoms with Crippen LogP contribution < -0.4 is 0 Å². The molecule has 0 aliphatic rings. The van der Waals surface area contributed by atoms with Gasteiger partial charge >= 0.3 is 0 Å². The molecule has 0 radical (unpaired) electrons. The van der Waals surface area contributed by atoms with Gasteiger partial charge in [-0.05, 0) is 38.0 Å². The lowest BCUT2D eigenvalue weighted by Crippen LogP contribution is -2.14. The van der Waals surface area contributed by atoms with Gasteiger partial charge in [-0.25, -0.2) is 4.68 Å². The van der Waals surface area contributed by atoms with E-state index >= 15 is 0 Å². The Morgan fingerprint density at radius 2 is 2.24 bits per heavy atom. The minimum absolute atomic E-state index is 0.0273. The summed E-state index contributed by atoms with van der Waals surface area (Å²) in [7, 11) is 0. The number of hydrogen-bond acceptors (Lipinski definition) is 3. The molecular weight excluding hydrogens is 214 g/mol. The van der Waals surface area contributed by atoms with Gasteiger partial charge in [0.05, 0.1) is 5.69 Å². The predicted octanol–water partition coefficient (Wildman–Crippen LogP) is 2.17. The molecular formula is C13H15N3O. The Labute approximate surface area is 100 Å². The third kappa shape index (κ3) is 2.78. The summed E-state index contributed by atoms with van der Waals surface area (Å²) >= 11 is 0. The van der Waals surface area contributed by atoms with Crippen molar-refractivity contribution in [1.29, 1.82) is 0 Å². The maximum absolute atomic E-state index is 11.9. The first-order valence-electron chi connectivity index (χ1n) is 5.62. The number of carbonyl (C=O) groups is 1. The zero-order valence-electron chi connectivity index (χ0n) is 10.1. The molecule has 0 atom stereocenters. The second-order valence-corrected chi connectivity index (χ2v) is 4.09. The molecule has 4 heteroatoms. The van der Waals surface area contributed by atoms with Gasteiger partial charge in [0, 0.05) is 24.5 Å². The number of aromatic nitrogens is 3. The highest BCUT2D eigenvalue weighted by Gasteiger charge is 2.09. The van der Waals surface area contributed by atoms with Crippen LogP contribution in [-0.4, -0.2) is 20.7 Å². The highest BCUT2D eigenvalue weighted by molar-refractivity contribution is 5.78. The van der Waals surface area contributed by atoms with Crippen LogP contribution in [0, 0.1) is 13.8 Å². The van der Waals surface area contributed by atoms with E-state index in [0.29, 0.717) is 12.8 Å². The molecule has 0 N–H and O–H groups in total. The molecule has 0 unspecified atom stereocenters. The van der Waals surface area contributed by atoms with Crippen LogP contribution >= 0.6 is 0 Å². The van der Waals surface area contributed by atoms with Crippen LogP contribution in [0.1, 0.15) is 28.2 Å². The van der Waals surface area contributed by atoms with E-state index < -0.39 is 0 Å². The molecule has 2 aromatic heterocycles. The lowest BCUT2D eigenvalue weighted by Gasteiger charge is -2.02. The van der Waals surface area contributed by atoms with E-state index in [0.717, 1.165) is 17.0 Å². The number of pyridine rings is 1. The fourth-order valence-electron chi connectivity index (χ4n) is 1.78. The van der Waals surface area contributed by atoms with Gasteiger partial charge in [0.1, 0.15) is 0 Å². The van der Waals surface area contributed by atoms with Gasteiger partial charge < -0.3 is 0 Å². The van der Waals surface area contributed by atoms with Crippen molar-refractivity contribution in [2.75, 3.05) is 0 Å². The fourth-order valence-corrected chi connectivity index (χ4v) is 1.78. The molecule has 0 aliphatic carbocycles. The second-order valence-electron chi connectivity index (χ2n) is 4.09. The van der Waals surface area contributed by atoms with Gasteiger partial charge in [0.15, 0.2) is 0 Å². The van der Waals surface area contributed by atoms with Gasteiger partial charge in [0.25, 0.3) is 0 Å². The van der Waals surface area contributed by atoms with E-state index in [1.165, 1.54) is 4.68 Å². The summed E-state index contributed by atoms with van der Waals surface area (Å²) in [6, 6.07) is 5.76. The van der Waals surface area contributed by atoms with Crippen LogP contribution in [0.15, 0.2) is 30.6 Å². The molecule has 0 aliphatic heterocycles. The van der Waals surface area contributed by atoms with Crippen LogP contribution in [0.25, 0.3) is 0 Å². The highest BCUT2D eigenvalue weighted by atomic mass is 16.2. The van der Waals surface area contributed by atoms with Crippen LogP contribution in [0.4, 0.5) is 0 Å². The van der Waals surface area contributed by atoms with Crippen molar-refractivity contribution in [2.45, 2.75) is 26.7 Å². The minimum Gasteiger partial charge on any atom is -0.273 e. The smallest absolute Gasteiger partial charge is 0.247 e. The summed E-state index contributed by atoms with van der Waals surface area (Å²) in [5.74, 6) is 0.0273. The number of nitrogens with zero attached hydrogens (tertiary/aromatic N) is 3. The Bertz CT molecular complexity index is 517. The summed E-state index contributed by atoms with van der Waals surface area (Å²) < 4.78 is 1.48. The minimum atomic E-state index is 0.0273. The molecule has 0 aromatic carbocycles. The van der Waals surface area contributed by atoms with E-state index in [2.05, 4.69) is 10.1 Å². The van der Waals surface area contributed by atoms with Crippen molar-refractivity contribution >= 4 is 5.91 Å². The van der Waals surface area contributed by atoms with Gasteiger partial charge in [-0.2, -0.15) is 5.10 Å². The molecule has 4 nitrogen and oxygen atoms in total. The molecule has 0 amide bonds. The Kier molecular flexibility index (Phi) is 3.32. The van der Waals surface area contributed by atoms with Gasteiger partial charge in [-0.3, -0.25) is 9.78 Å². The fraction of sp³-hybridized carbons (Fsp3) is 0.308. The number of rotatable bonds is 3. The summed E-state index contributed by atoms with van der Waals surface area (Å²) in [6.45, 7) is 3.78. The monoisotopic (exact) mass is 229 g/mol. The maximum Gasteiger partial charge on any atom is 0.247 e. The quantitative estimate of drug-likeness (QED) is 0.810. The summed E-state index contributed by atoms with van der Waals surface area (Å²) in [5, 5.41) is 4.17. The Morgan fingerprint density at radius 3 is 2.82 bits per heavy atom. The molecule has 0 saturated heterocycles. The first kappa shape index (κ1) is 11.5. The number of carbonyl (C=O) groups excluding carboxylic acids is 1. The number of hydrogen-bond donors (Lipinski definition) is 0. The van der Waals surface area contributed by atoms with Gasteiger partial charge in [-0.1, -0.05) is 6.07 Å². The van der Waals surface area contributed by atoms with Crippen molar-refractivity contribution in [3.8, 4) is 0 Å². The van der Waals surface area contributed by atoms with Gasteiger partial charge in [-0.15, -0.1) is 0 Å². The Morgan fingerprint density at radius 1 is 1.41 bits per heavy atom. The molecule has 0 spiro atoms. The largest absolute Gasteiger partial charge is 0.273 e. The molecule has 0 saturated carbocycles. The molecule has 2 heterocycles. The molecule has 0 fully saturated rings. The summed E-state index contributed by atoms with van der Waals surface area (Å²) in [6.07, 6.45) is 4.67. The normalized spacial score (nSPS) is 10.5. The van der Waals surface area contributed by atoms with Crippen molar-refractivity contribution in [3.63, 3.8) is 0 Å². The van der Waals surface area contributed by atoms with E-state index in [-0.39, 0.29) is 5.91 Å². The maximum atomic E-state index is 11.9. The molecule has 2 aromatic rings. The highest BCUT2D eigenvalue weighted by Crippen LogP contribution is 2.06. The van der Waals surface area contributed by atoms with Crippen LogP contribution in [0.3, 0.4) is 0 Å². The molecule has 17 heavy (non-hydrogen) atoms. The standard InChI is InChI=1S/C13H15N3O/c1-10-8-11(2)16(15-10)13(17)6-5-12-4-3-7-14-9-12/h3-4,7-9H,5-6H2,1-2H3. The average Bonchev–Trinajstić information content (AvgIpc) is 2.67. The van der Waals surface area contributed by atoms with Crippen molar-refractivity contribution in [1.82, 2.24) is 14.8 Å². The Balaban J connectivity index is 2.01. The third-order valence-corrected chi connectivity index (χ3v) is 2.60. The SMILES string of the molecule is Cc1cc(C)n(C(=O)CCc2cccnc2)n1. The third-order valence-electron chi connectivity index (χ3n) is 2.60. The first-order chi connectivity index (χ1) is 8.16. The second kappa shape index (κ2) is 4.91. The average molecular weight is 229 g/mol. The zero-order chi connectivity index (χ0) is 12.3. The van der Waals surface area contributed by atoms with Crippen LogP contribution in [0.2, 0.25) is 0 Å². The van der Waals surface area contributed by atoms with E-state index in [9.17, 15) is 4.79 Å². The van der Waals surface area contributed by atoms with Crippen molar-refractivity contribution in [2.24, 2.45) is 0 Å². The van der Waals surface area contributed by atoms with E-state index in [1.54, 1.807) is 12.4 Å². The molecule has 0 bridgehead atoms. The van der Waals surface area contributed by atoms with E-state index in [4.69, 9.17) is 0 Å². The van der Waals surface area contributed by atoms with Crippen molar-refractivity contribution < 1.29 is 4.79 Å². The van der Waals surface area contributed by atoms with Gasteiger partial charge in [0.2, 0.25) is 5.91 Å². The molecule has 2 rings (SSSR count). The van der Waals surface area contributed by atoms with E-state index in [1.807, 2.05) is 32.0 Å². The van der Waals surface area contributed by atoms with Crippen LogP contribution in [0.5, 0.6) is 0 Å². The summed E-state index contributed by atoms with van der Waals surface area (Å²) in [4.78, 5) is 16.0. The predicted molar refractivity (Wildman–Crippen MR) is 64.9 cm³/mol. The topological polar surface area (TPSA) is 47.8 Å². The summed E-state index contributed by atoms with van der Waals surface area (Å²) in [5.41, 5.74) is 2.83. The number of aryl methyl sites for hydroxylation is 3. The first-order valence-corrected chi connectivity index (χ1v) is 5.62.